The highest BCUT2D eigenvalue weighted by Crippen LogP contribution is 2.30. The number of nitrogens with two attached hydrogens (primary N) is 1. The Bertz CT molecular complexity index is 637. The lowest BCUT2D eigenvalue weighted by Crippen LogP contribution is -2.14. The predicted octanol–water partition coefficient (Wildman–Crippen LogP) is 0.741. The van der Waals surface area contributed by atoms with E-state index in [0.29, 0.717) is 15.8 Å². The molecule has 0 amide bonds. The number of nitrogen functional groups attached to an aromatic ring is 1. The Morgan fingerprint density at radius 3 is 3.17 bits per heavy atom. The van der Waals surface area contributed by atoms with Gasteiger partial charge in [0.15, 0.2) is 10.6 Å². The number of hydrogen-bond acceptors (Lipinski definition) is 6. The van der Waals surface area contributed by atoms with Crippen molar-refractivity contribution in [3.63, 3.8) is 0 Å². The number of aromatic nitrogens is 4. The minimum Gasteiger partial charge on any atom is -0.394 e. The topological polar surface area (TPSA) is 102 Å². The van der Waals surface area contributed by atoms with Crippen LogP contribution in [0.25, 0.3) is 11.2 Å². The number of ether oxygens (including phenoxy) is 1. The quantitative estimate of drug-likeness (QED) is 0.694. The molecule has 2 aromatic rings. The van der Waals surface area contributed by atoms with E-state index in [0.717, 1.165) is 12.8 Å². The van der Waals surface area contributed by atoms with E-state index in [1.54, 1.807) is 6.33 Å². The Morgan fingerprint density at radius 1 is 1.61 bits per heavy atom. The van der Waals surface area contributed by atoms with Crippen LogP contribution in [0.4, 0.5) is 5.95 Å². The number of anilines is 1. The second-order valence-corrected chi connectivity index (χ2v) is 4.64. The molecule has 7 nitrogen and oxygen atoms in total. The van der Waals surface area contributed by atoms with Gasteiger partial charge < -0.3 is 20.6 Å². The SMILES string of the molecule is Nc1nc(=S)c2ncn([C@H]3CC[C@@H](CO)O3)c2[nH]1. The number of fused-ring (bicyclic) bond motifs is 1. The lowest BCUT2D eigenvalue weighted by atomic mass is 10.2. The number of nitrogens with one attached hydrogen (secondary N) is 1. The number of aliphatic hydroxyl groups excluding tert-OH is 1. The third-order valence-electron chi connectivity index (χ3n) is 3.06. The molecule has 3 rings (SSSR count). The summed E-state index contributed by atoms with van der Waals surface area (Å²) in [6.45, 7) is 0.0306. The Balaban J connectivity index is 2.05. The lowest BCUT2D eigenvalue weighted by molar-refractivity contribution is -0.0207. The first kappa shape index (κ1) is 11.6. The van der Waals surface area contributed by atoms with Crippen molar-refractivity contribution in [2.24, 2.45) is 0 Å². The molecule has 3 heterocycles. The van der Waals surface area contributed by atoms with Gasteiger partial charge in [-0.3, -0.25) is 4.57 Å². The summed E-state index contributed by atoms with van der Waals surface area (Å²) in [6.07, 6.45) is 3.03. The average molecular weight is 267 g/mol. The molecule has 1 saturated heterocycles. The number of aromatic amines is 1. The van der Waals surface area contributed by atoms with Gasteiger partial charge in [0.1, 0.15) is 17.4 Å². The average Bonchev–Trinajstić information content (AvgIpc) is 2.93. The molecule has 1 aliphatic heterocycles. The first-order chi connectivity index (χ1) is 8.69. The van der Waals surface area contributed by atoms with Gasteiger partial charge in [-0.25, -0.2) is 9.97 Å². The zero-order valence-corrected chi connectivity index (χ0v) is 10.4. The predicted molar refractivity (Wildman–Crippen MR) is 67.4 cm³/mol. The van der Waals surface area contributed by atoms with Crippen molar-refractivity contribution >= 4 is 29.3 Å². The summed E-state index contributed by atoms with van der Waals surface area (Å²) >= 11 is 5.11. The van der Waals surface area contributed by atoms with Crippen LogP contribution in [0.3, 0.4) is 0 Å². The second-order valence-electron chi connectivity index (χ2n) is 4.25. The Morgan fingerprint density at radius 2 is 2.44 bits per heavy atom. The highest BCUT2D eigenvalue weighted by atomic mass is 32.1. The molecule has 96 valence electrons. The molecule has 0 bridgehead atoms. The Labute approximate surface area is 108 Å². The van der Waals surface area contributed by atoms with E-state index in [-0.39, 0.29) is 24.9 Å². The Kier molecular flexibility index (Phi) is 2.77. The fourth-order valence-electron chi connectivity index (χ4n) is 2.20. The molecule has 0 aliphatic carbocycles. The second kappa shape index (κ2) is 4.30. The molecule has 2 atom stereocenters. The van der Waals surface area contributed by atoms with Crippen molar-refractivity contribution in [2.75, 3.05) is 12.3 Å². The van der Waals surface area contributed by atoms with Crippen molar-refractivity contribution < 1.29 is 9.84 Å². The van der Waals surface area contributed by atoms with Crippen molar-refractivity contribution in [3.8, 4) is 0 Å². The van der Waals surface area contributed by atoms with E-state index in [1.807, 2.05) is 4.57 Å². The molecule has 18 heavy (non-hydrogen) atoms. The smallest absolute Gasteiger partial charge is 0.200 e. The van der Waals surface area contributed by atoms with Crippen LogP contribution in [0, 0.1) is 4.64 Å². The molecule has 0 aromatic carbocycles. The van der Waals surface area contributed by atoms with Crippen LogP contribution in [-0.4, -0.2) is 37.3 Å². The summed E-state index contributed by atoms with van der Waals surface area (Å²) in [7, 11) is 0. The minimum absolute atomic E-state index is 0.0306. The summed E-state index contributed by atoms with van der Waals surface area (Å²) in [4.78, 5) is 11.1. The fraction of sp³-hybridized carbons (Fsp3) is 0.500. The first-order valence-electron chi connectivity index (χ1n) is 5.67. The zero-order valence-electron chi connectivity index (χ0n) is 9.54. The van der Waals surface area contributed by atoms with Crippen LogP contribution in [-0.2, 0) is 4.74 Å². The maximum atomic E-state index is 9.08. The molecular weight excluding hydrogens is 254 g/mol. The van der Waals surface area contributed by atoms with Crippen LogP contribution in [0.15, 0.2) is 6.33 Å². The maximum Gasteiger partial charge on any atom is 0.200 e. The molecule has 0 saturated carbocycles. The number of nitrogens with zero attached hydrogens (tertiary/aromatic N) is 3. The van der Waals surface area contributed by atoms with Gasteiger partial charge in [-0.2, -0.15) is 0 Å². The molecule has 4 N–H and O–H groups in total. The van der Waals surface area contributed by atoms with Gasteiger partial charge in [0, 0.05) is 0 Å². The number of rotatable bonds is 2. The number of hydrogen-bond donors (Lipinski definition) is 3. The summed E-state index contributed by atoms with van der Waals surface area (Å²) in [6, 6.07) is 0. The van der Waals surface area contributed by atoms with E-state index in [2.05, 4.69) is 15.0 Å². The number of imidazole rings is 1. The molecule has 8 heteroatoms. The van der Waals surface area contributed by atoms with E-state index >= 15 is 0 Å². The van der Waals surface area contributed by atoms with Crippen molar-refractivity contribution in [3.05, 3.63) is 11.0 Å². The normalized spacial score (nSPS) is 23.8. The van der Waals surface area contributed by atoms with Crippen molar-refractivity contribution in [2.45, 2.75) is 25.2 Å². The van der Waals surface area contributed by atoms with Gasteiger partial charge in [0.25, 0.3) is 0 Å². The highest BCUT2D eigenvalue weighted by Gasteiger charge is 2.27. The van der Waals surface area contributed by atoms with E-state index in [1.165, 1.54) is 0 Å². The summed E-state index contributed by atoms with van der Waals surface area (Å²) in [5.74, 6) is 0.256. The molecule has 2 aromatic heterocycles. The molecule has 1 fully saturated rings. The minimum atomic E-state index is -0.153. The zero-order chi connectivity index (χ0) is 12.7. The van der Waals surface area contributed by atoms with E-state index < -0.39 is 0 Å². The van der Waals surface area contributed by atoms with Crippen molar-refractivity contribution in [1.29, 1.82) is 0 Å². The standard InChI is InChI=1S/C10H13N5O2S/c11-10-13-8-7(9(18)14-10)12-4-15(8)6-2-1-5(3-16)17-6/h4-6,16H,1-3H2,(H3,11,13,14,18)/t5-,6+/m0/s1. The highest BCUT2D eigenvalue weighted by molar-refractivity contribution is 7.71. The first-order valence-corrected chi connectivity index (χ1v) is 6.08. The van der Waals surface area contributed by atoms with E-state index in [4.69, 9.17) is 27.8 Å². The fourth-order valence-corrected chi connectivity index (χ4v) is 2.44. The molecular formula is C10H13N5O2S. The van der Waals surface area contributed by atoms with Gasteiger partial charge in [0.2, 0.25) is 0 Å². The summed E-state index contributed by atoms with van der Waals surface area (Å²) in [5.41, 5.74) is 6.96. The van der Waals surface area contributed by atoms with Crippen LogP contribution in [0.5, 0.6) is 0 Å². The van der Waals surface area contributed by atoms with Gasteiger partial charge in [-0.1, -0.05) is 12.2 Å². The molecule has 1 aliphatic rings. The Hall–Kier alpha value is -1.51. The molecule has 0 unspecified atom stereocenters. The third kappa shape index (κ3) is 1.78. The van der Waals surface area contributed by atoms with E-state index in [9.17, 15) is 0 Å². The van der Waals surface area contributed by atoms with Crippen LogP contribution >= 0.6 is 12.2 Å². The van der Waals surface area contributed by atoms with Crippen LogP contribution in [0.1, 0.15) is 19.1 Å². The van der Waals surface area contributed by atoms with Gasteiger partial charge >= 0.3 is 0 Å². The maximum absolute atomic E-state index is 9.08. The van der Waals surface area contributed by atoms with Crippen LogP contribution < -0.4 is 5.73 Å². The van der Waals surface area contributed by atoms with Crippen molar-refractivity contribution in [1.82, 2.24) is 19.5 Å². The third-order valence-corrected chi connectivity index (χ3v) is 3.35. The summed E-state index contributed by atoms with van der Waals surface area (Å²) < 4.78 is 7.92. The molecule has 0 spiro atoms. The monoisotopic (exact) mass is 267 g/mol. The van der Waals surface area contributed by atoms with Gasteiger partial charge in [0.05, 0.1) is 19.0 Å². The lowest BCUT2D eigenvalue weighted by Gasteiger charge is -2.14. The van der Waals surface area contributed by atoms with Crippen LogP contribution in [0.2, 0.25) is 0 Å². The largest absolute Gasteiger partial charge is 0.394 e. The van der Waals surface area contributed by atoms with Gasteiger partial charge in [-0.15, -0.1) is 0 Å². The summed E-state index contributed by atoms with van der Waals surface area (Å²) in [5, 5.41) is 9.08. The number of H-pyrrole nitrogens is 1. The number of aliphatic hydroxyl groups is 1. The van der Waals surface area contributed by atoms with Gasteiger partial charge in [-0.05, 0) is 12.8 Å². The molecule has 0 radical (unpaired) electrons.